The molecule has 3 rings (SSSR count). The number of anilines is 2. The largest absolute Gasteiger partial charge is 0.310 e. The highest BCUT2D eigenvalue weighted by Crippen LogP contribution is 2.18. The third-order valence-electron chi connectivity index (χ3n) is 3.03. The van der Waals surface area contributed by atoms with Crippen molar-refractivity contribution < 1.29 is 4.39 Å². The normalized spacial score (nSPS) is 10.5. The standard InChI is InChI=1S/C16H13FN4O/c1-10-3-2-4-11(7-10)13-8-15(22)21-16(19-13)20-14-6-5-12(17)9-18-14/h2-9H,1H3,(H2,18,19,20,21,22). The molecule has 5 nitrogen and oxygen atoms in total. The molecule has 0 saturated carbocycles. The van der Waals surface area contributed by atoms with Gasteiger partial charge in [-0.1, -0.05) is 23.8 Å². The van der Waals surface area contributed by atoms with Gasteiger partial charge in [-0.25, -0.2) is 14.4 Å². The first kappa shape index (κ1) is 13.9. The third kappa shape index (κ3) is 3.17. The van der Waals surface area contributed by atoms with Gasteiger partial charge in [-0.3, -0.25) is 9.78 Å². The molecular formula is C16H13FN4O. The van der Waals surface area contributed by atoms with Crippen LogP contribution >= 0.6 is 0 Å². The van der Waals surface area contributed by atoms with Gasteiger partial charge in [0.1, 0.15) is 11.6 Å². The highest BCUT2D eigenvalue weighted by molar-refractivity contribution is 5.61. The fraction of sp³-hybridized carbons (Fsp3) is 0.0625. The number of benzene rings is 1. The minimum atomic E-state index is -0.430. The van der Waals surface area contributed by atoms with Crippen molar-refractivity contribution in [3.8, 4) is 11.3 Å². The molecule has 0 radical (unpaired) electrons. The summed E-state index contributed by atoms with van der Waals surface area (Å²) in [5.74, 6) is 0.217. The number of aromatic amines is 1. The fourth-order valence-corrected chi connectivity index (χ4v) is 2.04. The van der Waals surface area contributed by atoms with Crippen LogP contribution < -0.4 is 10.9 Å². The molecule has 6 heteroatoms. The van der Waals surface area contributed by atoms with Gasteiger partial charge in [-0.15, -0.1) is 0 Å². The van der Waals surface area contributed by atoms with E-state index in [2.05, 4.69) is 20.3 Å². The zero-order chi connectivity index (χ0) is 15.5. The van der Waals surface area contributed by atoms with Gasteiger partial charge >= 0.3 is 0 Å². The van der Waals surface area contributed by atoms with Crippen LogP contribution in [0.1, 0.15) is 5.56 Å². The Bertz CT molecular complexity index is 859. The molecule has 110 valence electrons. The summed E-state index contributed by atoms with van der Waals surface area (Å²) in [7, 11) is 0. The van der Waals surface area contributed by atoms with E-state index in [9.17, 15) is 9.18 Å². The Hall–Kier alpha value is -3.02. The van der Waals surface area contributed by atoms with E-state index < -0.39 is 5.82 Å². The summed E-state index contributed by atoms with van der Waals surface area (Å²) in [6, 6.07) is 11.9. The summed E-state index contributed by atoms with van der Waals surface area (Å²) in [6.45, 7) is 1.97. The smallest absolute Gasteiger partial charge is 0.252 e. The van der Waals surface area contributed by atoms with E-state index in [1.165, 1.54) is 18.2 Å². The van der Waals surface area contributed by atoms with Crippen molar-refractivity contribution in [3.05, 3.63) is 70.4 Å². The van der Waals surface area contributed by atoms with Crippen LogP contribution in [0.5, 0.6) is 0 Å². The molecule has 22 heavy (non-hydrogen) atoms. The molecule has 2 N–H and O–H groups in total. The minimum absolute atomic E-state index is 0.253. The molecule has 1 aromatic carbocycles. The minimum Gasteiger partial charge on any atom is -0.310 e. The van der Waals surface area contributed by atoms with Gasteiger partial charge < -0.3 is 5.32 Å². The second-order valence-corrected chi connectivity index (χ2v) is 4.84. The van der Waals surface area contributed by atoms with Crippen LogP contribution in [0, 0.1) is 12.7 Å². The van der Waals surface area contributed by atoms with Crippen molar-refractivity contribution in [3.63, 3.8) is 0 Å². The van der Waals surface area contributed by atoms with E-state index in [0.717, 1.165) is 17.3 Å². The van der Waals surface area contributed by atoms with E-state index in [-0.39, 0.29) is 11.5 Å². The second-order valence-electron chi connectivity index (χ2n) is 4.84. The summed E-state index contributed by atoms with van der Waals surface area (Å²) < 4.78 is 12.8. The molecule has 0 fully saturated rings. The number of hydrogen-bond acceptors (Lipinski definition) is 4. The molecule has 0 bridgehead atoms. The van der Waals surface area contributed by atoms with E-state index >= 15 is 0 Å². The maximum absolute atomic E-state index is 12.8. The molecule has 0 unspecified atom stereocenters. The van der Waals surface area contributed by atoms with Gasteiger partial charge in [-0.05, 0) is 25.1 Å². The molecule has 0 aliphatic carbocycles. The van der Waals surface area contributed by atoms with Gasteiger partial charge in [0, 0.05) is 11.6 Å². The topological polar surface area (TPSA) is 70.7 Å². The fourth-order valence-electron chi connectivity index (χ4n) is 2.04. The zero-order valence-electron chi connectivity index (χ0n) is 11.8. The number of rotatable bonds is 3. The Labute approximate surface area is 125 Å². The average Bonchev–Trinajstić information content (AvgIpc) is 2.49. The van der Waals surface area contributed by atoms with Crippen LogP contribution in [0.2, 0.25) is 0 Å². The Morgan fingerprint density at radius 1 is 1.18 bits per heavy atom. The summed E-state index contributed by atoms with van der Waals surface area (Å²) in [6.07, 6.45) is 1.09. The number of hydrogen-bond donors (Lipinski definition) is 2. The maximum atomic E-state index is 12.8. The van der Waals surface area contributed by atoms with Gasteiger partial charge in [0.2, 0.25) is 5.95 Å². The van der Waals surface area contributed by atoms with E-state index in [1.807, 2.05) is 31.2 Å². The summed E-state index contributed by atoms with van der Waals surface area (Å²) in [5.41, 5.74) is 2.20. The van der Waals surface area contributed by atoms with Crippen LogP contribution in [-0.2, 0) is 0 Å². The second kappa shape index (κ2) is 5.77. The van der Waals surface area contributed by atoms with Gasteiger partial charge in [0.15, 0.2) is 0 Å². The SMILES string of the molecule is Cc1cccc(-c2cc(=O)[nH]c(Nc3ccc(F)cn3)n2)c1. The zero-order valence-corrected chi connectivity index (χ0v) is 11.8. The van der Waals surface area contributed by atoms with E-state index in [4.69, 9.17) is 0 Å². The molecule has 3 aromatic rings. The lowest BCUT2D eigenvalue weighted by Crippen LogP contribution is -2.11. The monoisotopic (exact) mass is 296 g/mol. The number of H-pyrrole nitrogens is 1. The van der Waals surface area contributed by atoms with E-state index in [0.29, 0.717) is 11.5 Å². The van der Waals surface area contributed by atoms with Gasteiger partial charge in [0.05, 0.1) is 11.9 Å². The summed E-state index contributed by atoms with van der Waals surface area (Å²) in [4.78, 5) is 22.6. The predicted molar refractivity (Wildman–Crippen MR) is 82.5 cm³/mol. The summed E-state index contributed by atoms with van der Waals surface area (Å²) >= 11 is 0. The number of nitrogens with zero attached hydrogens (tertiary/aromatic N) is 2. The Kier molecular flexibility index (Phi) is 3.65. The van der Waals surface area contributed by atoms with Crippen molar-refractivity contribution in [2.24, 2.45) is 0 Å². The number of aryl methyl sites for hydroxylation is 1. The first-order chi connectivity index (χ1) is 10.6. The van der Waals surface area contributed by atoms with Crippen molar-refractivity contribution in [1.29, 1.82) is 0 Å². The first-order valence-corrected chi connectivity index (χ1v) is 6.67. The van der Waals surface area contributed by atoms with Gasteiger partial charge in [-0.2, -0.15) is 0 Å². The molecule has 0 aliphatic heterocycles. The Morgan fingerprint density at radius 3 is 2.77 bits per heavy atom. The van der Waals surface area contributed by atoms with Crippen LogP contribution in [0.4, 0.5) is 16.2 Å². The molecule has 0 spiro atoms. The van der Waals surface area contributed by atoms with Crippen LogP contribution in [0.15, 0.2) is 53.5 Å². The van der Waals surface area contributed by atoms with Gasteiger partial charge in [0.25, 0.3) is 5.56 Å². The average molecular weight is 296 g/mol. The number of pyridine rings is 1. The molecule has 2 aromatic heterocycles. The van der Waals surface area contributed by atoms with E-state index in [1.54, 1.807) is 0 Å². The molecule has 2 heterocycles. The van der Waals surface area contributed by atoms with Crippen molar-refractivity contribution in [2.45, 2.75) is 6.92 Å². The highest BCUT2D eigenvalue weighted by Gasteiger charge is 2.05. The Balaban J connectivity index is 1.96. The lowest BCUT2D eigenvalue weighted by molar-refractivity contribution is 0.622. The van der Waals surface area contributed by atoms with Crippen LogP contribution in [0.25, 0.3) is 11.3 Å². The maximum Gasteiger partial charge on any atom is 0.252 e. The molecule has 0 amide bonds. The van der Waals surface area contributed by atoms with Crippen molar-refractivity contribution in [2.75, 3.05) is 5.32 Å². The highest BCUT2D eigenvalue weighted by atomic mass is 19.1. The van der Waals surface area contributed by atoms with Crippen LogP contribution in [-0.4, -0.2) is 15.0 Å². The molecule has 0 aliphatic rings. The summed E-state index contributed by atoms with van der Waals surface area (Å²) in [5, 5.41) is 2.85. The molecule has 0 atom stereocenters. The van der Waals surface area contributed by atoms with Crippen molar-refractivity contribution in [1.82, 2.24) is 15.0 Å². The lowest BCUT2D eigenvalue weighted by Gasteiger charge is -2.07. The number of nitrogens with one attached hydrogen (secondary N) is 2. The van der Waals surface area contributed by atoms with Crippen molar-refractivity contribution >= 4 is 11.8 Å². The number of halogens is 1. The number of aromatic nitrogens is 3. The quantitative estimate of drug-likeness (QED) is 0.779. The van der Waals surface area contributed by atoms with Crippen LogP contribution in [0.3, 0.4) is 0 Å². The lowest BCUT2D eigenvalue weighted by atomic mass is 10.1. The molecule has 0 saturated heterocycles. The Morgan fingerprint density at radius 2 is 2.05 bits per heavy atom. The predicted octanol–water partition coefficient (Wildman–Crippen LogP) is 3.02. The first-order valence-electron chi connectivity index (χ1n) is 6.67. The third-order valence-corrected chi connectivity index (χ3v) is 3.03. The molecular weight excluding hydrogens is 283 g/mol.